The first-order valence-corrected chi connectivity index (χ1v) is 7.04. The summed E-state index contributed by atoms with van der Waals surface area (Å²) in [6.07, 6.45) is 0. The molecule has 1 heterocycles. The molecule has 3 heteroatoms. The predicted octanol–water partition coefficient (Wildman–Crippen LogP) is 3.65. The fourth-order valence-corrected chi connectivity index (χ4v) is 2.32. The number of aryl methyl sites for hydroxylation is 1. The quantitative estimate of drug-likeness (QED) is 0.765. The maximum atomic E-state index is 9.03. The van der Waals surface area contributed by atoms with Crippen molar-refractivity contribution in [3.63, 3.8) is 0 Å². The molecule has 0 amide bonds. The van der Waals surface area contributed by atoms with Crippen molar-refractivity contribution in [1.29, 1.82) is 0 Å². The zero-order valence-electron chi connectivity index (χ0n) is 12.0. The third-order valence-electron chi connectivity index (χ3n) is 3.53. The molecule has 0 saturated heterocycles. The van der Waals surface area contributed by atoms with Crippen LogP contribution in [0.15, 0.2) is 54.6 Å². The normalized spacial score (nSPS) is 10.8. The second kappa shape index (κ2) is 5.94. The molecule has 0 spiro atoms. The highest BCUT2D eigenvalue weighted by atomic mass is 16.3. The van der Waals surface area contributed by atoms with Crippen molar-refractivity contribution in [3.8, 4) is 0 Å². The van der Waals surface area contributed by atoms with Crippen molar-refractivity contribution in [3.05, 3.63) is 71.4 Å². The highest BCUT2D eigenvalue weighted by Gasteiger charge is 1.99. The number of aliphatic hydroxyl groups is 1. The standard InChI is InChI=1S/C18H18N2O/c1-13-2-6-16-10-15(5-9-18(16)20-13)11-19-17-7-3-14(12-21)4-8-17/h2-10,19,21H,11-12H2,1H3. The summed E-state index contributed by atoms with van der Waals surface area (Å²) in [7, 11) is 0. The molecule has 0 aliphatic carbocycles. The molecule has 0 fully saturated rings. The van der Waals surface area contributed by atoms with Crippen LogP contribution in [-0.4, -0.2) is 10.1 Å². The fraction of sp³-hybridized carbons (Fsp3) is 0.167. The van der Waals surface area contributed by atoms with Gasteiger partial charge in [0.05, 0.1) is 12.1 Å². The van der Waals surface area contributed by atoms with E-state index in [0.717, 1.165) is 34.4 Å². The summed E-state index contributed by atoms with van der Waals surface area (Å²) < 4.78 is 0. The van der Waals surface area contributed by atoms with Gasteiger partial charge in [0.15, 0.2) is 0 Å². The lowest BCUT2D eigenvalue weighted by Crippen LogP contribution is -1.99. The Kier molecular flexibility index (Phi) is 3.84. The van der Waals surface area contributed by atoms with Gasteiger partial charge in [-0.3, -0.25) is 4.98 Å². The Labute approximate surface area is 124 Å². The monoisotopic (exact) mass is 278 g/mol. The summed E-state index contributed by atoms with van der Waals surface area (Å²) in [4.78, 5) is 4.51. The molecule has 0 radical (unpaired) electrons. The number of anilines is 1. The van der Waals surface area contributed by atoms with Crippen LogP contribution in [0.5, 0.6) is 0 Å². The second-order valence-corrected chi connectivity index (χ2v) is 5.19. The maximum Gasteiger partial charge on any atom is 0.0705 e. The zero-order chi connectivity index (χ0) is 14.7. The van der Waals surface area contributed by atoms with Gasteiger partial charge in [0.1, 0.15) is 0 Å². The Bertz CT molecular complexity index is 751. The van der Waals surface area contributed by atoms with E-state index in [1.54, 1.807) is 0 Å². The molecule has 0 saturated carbocycles. The van der Waals surface area contributed by atoms with Crippen molar-refractivity contribution in [2.24, 2.45) is 0 Å². The molecule has 21 heavy (non-hydrogen) atoms. The molecule has 2 aromatic carbocycles. The van der Waals surface area contributed by atoms with Gasteiger partial charge in [0.25, 0.3) is 0 Å². The van der Waals surface area contributed by atoms with Crippen molar-refractivity contribution in [2.75, 3.05) is 5.32 Å². The molecule has 0 aliphatic rings. The summed E-state index contributed by atoms with van der Waals surface area (Å²) in [6, 6.07) is 18.3. The van der Waals surface area contributed by atoms with Crippen LogP contribution in [0.2, 0.25) is 0 Å². The smallest absolute Gasteiger partial charge is 0.0705 e. The van der Waals surface area contributed by atoms with E-state index in [2.05, 4.69) is 34.6 Å². The van der Waals surface area contributed by atoms with Gasteiger partial charge in [-0.25, -0.2) is 0 Å². The van der Waals surface area contributed by atoms with Crippen LogP contribution in [0.3, 0.4) is 0 Å². The van der Waals surface area contributed by atoms with Gasteiger partial charge in [-0.2, -0.15) is 0 Å². The lowest BCUT2D eigenvalue weighted by Gasteiger charge is -2.08. The minimum absolute atomic E-state index is 0.0807. The Morgan fingerprint density at radius 2 is 1.71 bits per heavy atom. The number of hydrogen-bond acceptors (Lipinski definition) is 3. The van der Waals surface area contributed by atoms with Crippen molar-refractivity contribution < 1.29 is 5.11 Å². The van der Waals surface area contributed by atoms with Crippen LogP contribution in [0.25, 0.3) is 10.9 Å². The van der Waals surface area contributed by atoms with E-state index in [1.807, 2.05) is 37.3 Å². The minimum Gasteiger partial charge on any atom is -0.392 e. The van der Waals surface area contributed by atoms with Crippen molar-refractivity contribution in [2.45, 2.75) is 20.1 Å². The van der Waals surface area contributed by atoms with E-state index in [4.69, 9.17) is 5.11 Å². The first-order valence-electron chi connectivity index (χ1n) is 7.04. The van der Waals surface area contributed by atoms with Gasteiger partial charge in [-0.05, 0) is 48.4 Å². The predicted molar refractivity (Wildman–Crippen MR) is 86.2 cm³/mol. The van der Waals surface area contributed by atoms with Crippen LogP contribution in [0, 0.1) is 6.92 Å². The van der Waals surface area contributed by atoms with Crippen LogP contribution < -0.4 is 5.32 Å². The topological polar surface area (TPSA) is 45.1 Å². The number of nitrogens with zero attached hydrogens (tertiary/aromatic N) is 1. The fourth-order valence-electron chi connectivity index (χ4n) is 2.32. The number of rotatable bonds is 4. The van der Waals surface area contributed by atoms with E-state index in [9.17, 15) is 0 Å². The maximum absolute atomic E-state index is 9.03. The third kappa shape index (κ3) is 3.20. The van der Waals surface area contributed by atoms with Crippen molar-refractivity contribution in [1.82, 2.24) is 4.98 Å². The molecular formula is C18H18N2O. The van der Waals surface area contributed by atoms with Crippen LogP contribution in [0.1, 0.15) is 16.8 Å². The molecular weight excluding hydrogens is 260 g/mol. The molecule has 0 aliphatic heterocycles. The number of benzene rings is 2. The highest BCUT2D eigenvalue weighted by Crippen LogP contribution is 2.16. The molecule has 1 aromatic heterocycles. The summed E-state index contributed by atoms with van der Waals surface area (Å²) >= 11 is 0. The van der Waals surface area contributed by atoms with Gasteiger partial charge < -0.3 is 10.4 Å². The SMILES string of the molecule is Cc1ccc2cc(CNc3ccc(CO)cc3)ccc2n1. The zero-order valence-corrected chi connectivity index (χ0v) is 12.0. The Balaban J connectivity index is 1.73. The van der Waals surface area contributed by atoms with E-state index >= 15 is 0 Å². The highest BCUT2D eigenvalue weighted by molar-refractivity contribution is 5.79. The van der Waals surface area contributed by atoms with Gasteiger partial charge >= 0.3 is 0 Å². The molecule has 0 unspecified atom stereocenters. The average Bonchev–Trinajstić information content (AvgIpc) is 2.53. The number of pyridine rings is 1. The molecule has 0 atom stereocenters. The van der Waals surface area contributed by atoms with Gasteiger partial charge in [-0.1, -0.05) is 24.3 Å². The minimum atomic E-state index is 0.0807. The number of nitrogens with one attached hydrogen (secondary N) is 1. The third-order valence-corrected chi connectivity index (χ3v) is 3.53. The Hall–Kier alpha value is -2.39. The first kappa shape index (κ1) is 13.6. The molecule has 2 N–H and O–H groups in total. The molecule has 3 nitrogen and oxygen atoms in total. The second-order valence-electron chi connectivity index (χ2n) is 5.19. The van der Waals surface area contributed by atoms with E-state index < -0.39 is 0 Å². The number of hydrogen-bond donors (Lipinski definition) is 2. The van der Waals surface area contributed by atoms with Crippen molar-refractivity contribution >= 4 is 16.6 Å². The number of fused-ring (bicyclic) bond motifs is 1. The van der Waals surface area contributed by atoms with Crippen LogP contribution in [0.4, 0.5) is 5.69 Å². The van der Waals surface area contributed by atoms with Crippen LogP contribution in [-0.2, 0) is 13.2 Å². The molecule has 0 bridgehead atoms. The summed E-state index contributed by atoms with van der Waals surface area (Å²) in [5.74, 6) is 0. The number of aromatic nitrogens is 1. The largest absolute Gasteiger partial charge is 0.392 e. The lowest BCUT2D eigenvalue weighted by molar-refractivity contribution is 0.282. The summed E-state index contributed by atoms with van der Waals surface area (Å²) in [6.45, 7) is 2.85. The number of aliphatic hydroxyl groups excluding tert-OH is 1. The summed E-state index contributed by atoms with van der Waals surface area (Å²) in [5.41, 5.74) is 5.27. The first-order chi connectivity index (χ1) is 10.2. The van der Waals surface area contributed by atoms with E-state index in [-0.39, 0.29) is 6.61 Å². The van der Waals surface area contributed by atoms with Gasteiger partial charge in [0.2, 0.25) is 0 Å². The van der Waals surface area contributed by atoms with Crippen LogP contribution >= 0.6 is 0 Å². The molecule has 3 rings (SSSR count). The van der Waals surface area contributed by atoms with E-state index in [1.165, 1.54) is 5.56 Å². The molecule has 3 aromatic rings. The van der Waals surface area contributed by atoms with Gasteiger partial charge in [-0.15, -0.1) is 0 Å². The van der Waals surface area contributed by atoms with Gasteiger partial charge in [0, 0.05) is 23.3 Å². The Morgan fingerprint density at radius 1 is 0.952 bits per heavy atom. The van der Waals surface area contributed by atoms with E-state index in [0.29, 0.717) is 0 Å². The summed E-state index contributed by atoms with van der Waals surface area (Å²) in [5, 5.41) is 13.6. The Morgan fingerprint density at radius 3 is 2.48 bits per heavy atom. The average molecular weight is 278 g/mol. The molecule has 106 valence electrons. The lowest BCUT2D eigenvalue weighted by atomic mass is 10.1.